The summed E-state index contributed by atoms with van der Waals surface area (Å²) in [5.41, 5.74) is 6.88. The molecular weight excluding hydrogens is 226 g/mol. The highest BCUT2D eigenvalue weighted by Crippen LogP contribution is 2.26. The summed E-state index contributed by atoms with van der Waals surface area (Å²) in [6.45, 7) is 1.92. The fourth-order valence-electron chi connectivity index (χ4n) is 2.42. The Kier molecular flexibility index (Phi) is 4.37. The third-order valence-corrected chi connectivity index (χ3v) is 3.67. The van der Waals surface area contributed by atoms with Crippen molar-refractivity contribution in [2.45, 2.75) is 44.8 Å². The lowest BCUT2D eigenvalue weighted by Crippen LogP contribution is -2.31. The summed E-state index contributed by atoms with van der Waals surface area (Å²) < 4.78 is 5.53. The number of carbonyl (C=O) groups is 1. The molecule has 0 unspecified atom stereocenters. The van der Waals surface area contributed by atoms with E-state index >= 15 is 0 Å². The summed E-state index contributed by atoms with van der Waals surface area (Å²) in [5, 5.41) is 0. The summed E-state index contributed by atoms with van der Waals surface area (Å²) in [5.74, 6) is -0.0331. The van der Waals surface area contributed by atoms with Gasteiger partial charge in [0.1, 0.15) is 6.10 Å². The van der Waals surface area contributed by atoms with E-state index in [1.807, 2.05) is 37.3 Å². The van der Waals surface area contributed by atoms with Crippen molar-refractivity contribution in [3.8, 4) is 0 Å². The maximum atomic E-state index is 12.0. The molecule has 0 aromatic heterocycles. The van der Waals surface area contributed by atoms with Gasteiger partial charge in [0.05, 0.1) is 5.92 Å². The van der Waals surface area contributed by atoms with Crippen LogP contribution >= 0.6 is 0 Å². The van der Waals surface area contributed by atoms with Gasteiger partial charge >= 0.3 is 5.97 Å². The SMILES string of the molecule is C[C@H](OC(=O)[C@H]1CC[C@@H](N)CC1)c1ccccc1. The van der Waals surface area contributed by atoms with Crippen LogP contribution in [0.3, 0.4) is 0 Å². The van der Waals surface area contributed by atoms with Crippen molar-refractivity contribution in [3.63, 3.8) is 0 Å². The number of hydrogen-bond donors (Lipinski definition) is 1. The highest BCUT2D eigenvalue weighted by atomic mass is 16.5. The number of nitrogens with two attached hydrogens (primary N) is 1. The quantitative estimate of drug-likeness (QED) is 0.836. The molecular formula is C15H21NO2. The van der Waals surface area contributed by atoms with Gasteiger partial charge in [-0.25, -0.2) is 0 Å². The first-order valence-electron chi connectivity index (χ1n) is 6.68. The molecule has 3 nitrogen and oxygen atoms in total. The maximum Gasteiger partial charge on any atom is 0.309 e. The third kappa shape index (κ3) is 3.33. The highest BCUT2D eigenvalue weighted by molar-refractivity contribution is 5.72. The van der Waals surface area contributed by atoms with Crippen molar-refractivity contribution in [2.75, 3.05) is 0 Å². The summed E-state index contributed by atoms with van der Waals surface area (Å²) in [4.78, 5) is 12.0. The average molecular weight is 247 g/mol. The van der Waals surface area contributed by atoms with Crippen LogP contribution in [0.15, 0.2) is 30.3 Å². The summed E-state index contributed by atoms with van der Waals surface area (Å²) in [7, 11) is 0. The highest BCUT2D eigenvalue weighted by Gasteiger charge is 2.27. The van der Waals surface area contributed by atoms with E-state index in [4.69, 9.17) is 10.5 Å². The van der Waals surface area contributed by atoms with E-state index in [0.717, 1.165) is 31.2 Å². The number of carbonyl (C=O) groups excluding carboxylic acids is 1. The second-order valence-electron chi connectivity index (χ2n) is 5.10. The van der Waals surface area contributed by atoms with Crippen LogP contribution in [-0.4, -0.2) is 12.0 Å². The van der Waals surface area contributed by atoms with E-state index in [1.165, 1.54) is 0 Å². The van der Waals surface area contributed by atoms with E-state index in [2.05, 4.69) is 0 Å². The Labute approximate surface area is 108 Å². The largest absolute Gasteiger partial charge is 0.458 e. The smallest absolute Gasteiger partial charge is 0.309 e. The molecule has 0 heterocycles. The van der Waals surface area contributed by atoms with E-state index < -0.39 is 0 Å². The zero-order chi connectivity index (χ0) is 13.0. The molecule has 0 aliphatic heterocycles. The molecule has 1 aliphatic carbocycles. The molecule has 1 atom stereocenters. The van der Waals surface area contributed by atoms with Gasteiger partial charge in [-0.1, -0.05) is 30.3 Å². The van der Waals surface area contributed by atoms with Crippen molar-refractivity contribution in [2.24, 2.45) is 11.7 Å². The fraction of sp³-hybridized carbons (Fsp3) is 0.533. The Balaban J connectivity index is 1.87. The first kappa shape index (κ1) is 13.1. The minimum Gasteiger partial charge on any atom is -0.458 e. The lowest BCUT2D eigenvalue weighted by Gasteiger charge is -2.25. The lowest BCUT2D eigenvalue weighted by molar-refractivity contribution is -0.154. The molecule has 0 bridgehead atoms. The van der Waals surface area contributed by atoms with Crippen LogP contribution in [0.25, 0.3) is 0 Å². The summed E-state index contributed by atoms with van der Waals surface area (Å²) >= 11 is 0. The van der Waals surface area contributed by atoms with Gasteiger partial charge in [-0.15, -0.1) is 0 Å². The van der Waals surface area contributed by atoms with Crippen molar-refractivity contribution in [1.29, 1.82) is 0 Å². The van der Waals surface area contributed by atoms with Gasteiger partial charge < -0.3 is 10.5 Å². The van der Waals surface area contributed by atoms with Crippen molar-refractivity contribution in [1.82, 2.24) is 0 Å². The number of hydrogen-bond acceptors (Lipinski definition) is 3. The monoisotopic (exact) mass is 247 g/mol. The minimum absolute atomic E-state index is 0.0379. The predicted octanol–water partition coefficient (Wildman–Crippen LogP) is 2.81. The van der Waals surface area contributed by atoms with E-state index in [9.17, 15) is 4.79 Å². The van der Waals surface area contributed by atoms with E-state index in [1.54, 1.807) is 0 Å². The molecule has 1 saturated carbocycles. The van der Waals surface area contributed by atoms with Gasteiger partial charge in [0.2, 0.25) is 0 Å². The van der Waals surface area contributed by atoms with Crippen molar-refractivity contribution in [3.05, 3.63) is 35.9 Å². The van der Waals surface area contributed by atoms with Crippen LogP contribution in [0.1, 0.15) is 44.3 Å². The first-order valence-corrected chi connectivity index (χ1v) is 6.68. The molecule has 1 aliphatic rings. The summed E-state index contributed by atoms with van der Waals surface area (Å²) in [6.07, 6.45) is 3.41. The van der Waals surface area contributed by atoms with Gasteiger partial charge in [-0.3, -0.25) is 4.79 Å². The predicted molar refractivity (Wildman–Crippen MR) is 70.9 cm³/mol. The van der Waals surface area contributed by atoms with Gasteiger partial charge in [0.25, 0.3) is 0 Å². The molecule has 0 amide bonds. The zero-order valence-electron chi connectivity index (χ0n) is 10.8. The molecule has 18 heavy (non-hydrogen) atoms. The first-order chi connectivity index (χ1) is 8.66. The maximum absolute atomic E-state index is 12.0. The Hall–Kier alpha value is -1.35. The summed E-state index contributed by atoms with van der Waals surface area (Å²) in [6, 6.07) is 10.1. The van der Waals surface area contributed by atoms with Gasteiger partial charge in [-0.05, 0) is 38.2 Å². The molecule has 1 aromatic rings. The molecule has 1 aromatic carbocycles. The number of ether oxygens (including phenoxy) is 1. The zero-order valence-corrected chi connectivity index (χ0v) is 10.8. The van der Waals surface area contributed by atoms with Crippen molar-refractivity contribution >= 4 is 5.97 Å². The average Bonchev–Trinajstić information content (AvgIpc) is 2.40. The Morgan fingerprint density at radius 2 is 1.83 bits per heavy atom. The number of esters is 1. The molecule has 98 valence electrons. The Morgan fingerprint density at radius 3 is 2.44 bits per heavy atom. The fourth-order valence-corrected chi connectivity index (χ4v) is 2.42. The number of benzene rings is 1. The normalized spacial score (nSPS) is 25.4. The molecule has 1 fully saturated rings. The second kappa shape index (κ2) is 6.01. The standard InChI is InChI=1S/C15H21NO2/c1-11(12-5-3-2-4-6-12)18-15(17)13-7-9-14(16)10-8-13/h2-6,11,13-14H,7-10,16H2,1H3/t11-,13-,14+/m0/s1. The van der Waals surface area contributed by atoms with Crippen LogP contribution in [0.4, 0.5) is 0 Å². The van der Waals surface area contributed by atoms with Crippen LogP contribution < -0.4 is 5.73 Å². The molecule has 2 rings (SSSR count). The Bertz CT molecular complexity index is 383. The molecule has 2 N–H and O–H groups in total. The topological polar surface area (TPSA) is 52.3 Å². The molecule has 0 spiro atoms. The van der Waals surface area contributed by atoms with E-state index in [-0.39, 0.29) is 24.0 Å². The van der Waals surface area contributed by atoms with Gasteiger partial charge in [0.15, 0.2) is 0 Å². The second-order valence-corrected chi connectivity index (χ2v) is 5.10. The molecule has 0 radical (unpaired) electrons. The van der Waals surface area contributed by atoms with Crippen LogP contribution in [0, 0.1) is 5.92 Å². The van der Waals surface area contributed by atoms with Crippen LogP contribution in [-0.2, 0) is 9.53 Å². The van der Waals surface area contributed by atoms with Crippen LogP contribution in [0.2, 0.25) is 0 Å². The van der Waals surface area contributed by atoms with Gasteiger partial charge in [0, 0.05) is 6.04 Å². The van der Waals surface area contributed by atoms with Crippen LogP contribution in [0.5, 0.6) is 0 Å². The third-order valence-electron chi connectivity index (χ3n) is 3.67. The Morgan fingerprint density at radius 1 is 1.22 bits per heavy atom. The number of rotatable bonds is 3. The van der Waals surface area contributed by atoms with Gasteiger partial charge in [-0.2, -0.15) is 0 Å². The minimum atomic E-state index is -0.172. The lowest BCUT2D eigenvalue weighted by atomic mass is 9.86. The molecule has 0 saturated heterocycles. The van der Waals surface area contributed by atoms with E-state index in [0.29, 0.717) is 0 Å². The van der Waals surface area contributed by atoms with Crippen molar-refractivity contribution < 1.29 is 9.53 Å². The molecule has 3 heteroatoms.